The van der Waals surface area contributed by atoms with E-state index in [4.69, 9.17) is 15.6 Å². The van der Waals surface area contributed by atoms with Crippen molar-refractivity contribution in [3.05, 3.63) is 23.8 Å². The van der Waals surface area contributed by atoms with Crippen molar-refractivity contribution >= 4 is 5.69 Å². The van der Waals surface area contributed by atoms with Gasteiger partial charge in [-0.05, 0) is 38.3 Å². The third kappa shape index (κ3) is 4.40. The maximum absolute atomic E-state index is 8.79. The van der Waals surface area contributed by atoms with Gasteiger partial charge in [-0.3, -0.25) is 0 Å². The molecule has 1 rings (SSSR count). The number of unbranched alkanes of at least 4 members (excludes halogenated alkanes) is 2. The van der Waals surface area contributed by atoms with Crippen LogP contribution in [0.1, 0.15) is 37.8 Å². The lowest BCUT2D eigenvalue weighted by molar-refractivity contribution is 0.283. The van der Waals surface area contributed by atoms with Crippen molar-refractivity contribution in [3.8, 4) is 5.75 Å². The fourth-order valence-corrected chi connectivity index (χ4v) is 2.26. The van der Waals surface area contributed by atoms with E-state index in [-0.39, 0.29) is 12.6 Å². The summed E-state index contributed by atoms with van der Waals surface area (Å²) < 4.78 is 5.40. The van der Waals surface area contributed by atoms with E-state index >= 15 is 0 Å². The van der Waals surface area contributed by atoms with Gasteiger partial charge in [0.15, 0.2) is 0 Å². The molecule has 1 aromatic carbocycles. The first kappa shape index (κ1) is 15.8. The van der Waals surface area contributed by atoms with Gasteiger partial charge in [-0.2, -0.15) is 0 Å². The maximum atomic E-state index is 8.79. The summed E-state index contributed by atoms with van der Waals surface area (Å²) in [6.45, 7) is 3.20. The number of rotatable bonds is 8. The Morgan fingerprint density at radius 3 is 2.63 bits per heavy atom. The van der Waals surface area contributed by atoms with E-state index in [0.29, 0.717) is 0 Å². The molecule has 108 valence electrons. The number of benzene rings is 1. The Balaban J connectivity index is 2.80. The predicted octanol–water partition coefficient (Wildman–Crippen LogP) is 2.31. The van der Waals surface area contributed by atoms with Gasteiger partial charge in [0.1, 0.15) is 5.75 Å². The summed E-state index contributed by atoms with van der Waals surface area (Å²) in [5.41, 5.74) is 8.24. The molecule has 3 N–H and O–H groups in total. The van der Waals surface area contributed by atoms with Crippen LogP contribution in [0.2, 0.25) is 0 Å². The van der Waals surface area contributed by atoms with Crippen LogP contribution in [0, 0.1) is 0 Å². The van der Waals surface area contributed by atoms with Gasteiger partial charge in [0, 0.05) is 37.5 Å². The number of methoxy groups -OCH3 is 1. The highest BCUT2D eigenvalue weighted by molar-refractivity contribution is 5.60. The average molecular weight is 266 g/mol. The molecule has 1 aromatic rings. The van der Waals surface area contributed by atoms with Gasteiger partial charge in [-0.15, -0.1) is 0 Å². The minimum Gasteiger partial charge on any atom is -0.496 e. The molecule has 0 aliphatic heterocycles. The first-order valence-electron chi connectivity index (χ1n) is 6.86. The van der Waals surface area contributed by atoms with Crippen molar-refractivity contribution in [2.24, 2.45) is 5.73 Å². The van der Waals surface area contributed by atoms with Crippen LogP contribution in [-0.4, -0.2) is 32.4 Å². The van der Waals surface area contributed by atoms with E-state index in [1.807, 2.05) is 19.1 Å². The highest BCUT2D eigenvalue weighted by Crippen LogP contribution is 2.33. The SMILES string of the molecule is COc1cccc(N(C)CCCCCO)c1C(C)N. The molecule has 0 aromatic heterocycles. The number of hydrogen-bond acceptors (Lipinski definition) is 4. The van der Waals surface area contributed by atoms with Crippen molar-refractivity contribution in [1.29, 1.82) is 0 Å². The van der Waals surface area contributed by atoms with Crippen molar-refractivity contribution in [2.45, 2.75) is 32.2 Å². The minimum atomic E-state index is -0.0639. The van der Waals surface area contributed by atoms with E-state index in [2.05, 4.69) is 18.0 Å². The standard InChI is InChI=1S/C15H26N2O2/c1-12(16)15-13(8-7-9-14(15)19-3)17(2)10-5-4-6-11-18/h7-9,12,18H,4-6,10-11,16H2,1-3H3. The number of nitrogens with two attached hydrogens (primary N) is 1. The first-order valence-corrected chi connectivity index (χ1v) is 6.86. The van der Waals surface area contributed by atoms with Crippen LogP contribution in [0.4, 0.5) is 5.69 Å². The molecule has 0 saturated heterocycles. The topological polar surface area (TPSA) is 58.7 Å². The van der Waals surface area contributed by atoms with E-state index in [0.717, 1.165) is 42.8 Å². The summed E-state index contributed by atoms with van der Waals surface area (Å²) in [6, 6.07) is 5.95. The summed E-state index contributed by atoms with van der Waals surface area (Å²) >= 11 is 0. The lowest BCUT2D eigenvalue weighted by atomic mass is 10.0. The molecule has 0 aliphatic carbocycles. The molecule has 0 bridgehead atoms. The monoisotopic (exact) mass is 266 g/mol. The van der Waals surface area contributed by atoms with Crippen molar-refractivity contribution < 1.29 is 9.84 Å². The Morgan fingerprint density at radius 2 is 2.05 bits per heavy atom. The molecule has 0 fully saturated rings. The van der Waals surface area contributed by atoms with Gasteiger partial charge < -0.3 is 20.5 Å². The molecule has 0 aliphatic rings. The average Bonchev–Trinajstić information content (AvgIpc) is 2.42. The summed E-state index contributed by atoms with van der Waals surface area (Å²) in [7, 11) is 3.74. The molecule has 0 amide bonds. The Labute approximate surface area is 116 Å². The van der Waals surface area contributed by atoms with Crippen molar-refractivity contribution in [1.82, 2.24) is 0 Å². The third-order valence-electron chi connectivity index (χ3n) is 3.28. The van der Waals surface area contributed by atoms with Crippen molar-refractivity contribution in [3.63, 3.8) is 0 Å². The van der Waals surface area contributed by atoms with E-state index in [1.165, 1.54) is 0 Å². The van der Waals surface area contributed by atoms with Gasteiger partial charge in [-0.25, -0.2) is 0 Å². The molecule has 0 radical (unpaired) electrons. The van der Waals surface area contributed by atoms with Gasteiger partial charge in [0.05, 0.1) is 7.11 Å². The number of hydrogen-bond donors (Lipinski definition) is 2. The van der Waals surface area contributed by atoms with E-state index < -0.39 is 0 Å². The van der Waals surface area contributed by atoms with Gasteiger partial charge in [0.25, 0.3) is 0 Å². The van der Waals surface area contributed by atoms with Gasteiger partial charge in [0.2, 0.25) is 0 Å². The van der Waals surface area contributed by atoms with Crippen LogP contribution in [0.5, 0.6) is 5.75 Å². The number of aliphatic hydroxyl groups excluding tert-OH is 1. The number of aliphatic hydroxyl groups is 1. The molecule has 0 spiro atoms. The highest BCUT2D eigenvalue weighted by atomic mass is 16.5. The Kier molecular flexibility index (Phi) is 6.67. The normalized spacial score (nSPS) is 12.3. The summed E-state index contributed by atoms with van der Waals surface area (Å²) in [5, 5.41) is 8.79. The van der Waals surface area contributed by atoms with E-state index in [1.54, 1.807) is 7.11 Å². The quantitative estimate of drug-likeness (QED) is 0.709. The molecular formula is C15H26N2O2. The first-order chi connectivity index (χ1) is 9.11. The van der Waals surface area contributed by atoms with Crippen LogP contribution >= 0.6 is 0 Å². The fourth-order valence-electron chi connectivity index (χ4n) is 2.26. The van der Waals surface area contributed by atoms with Crippen LogP contribution < -0.4 is 15.4 Å². The van der Waals surface area contributed by atoms with Crippen LogP contribution in [0.3, 0.4) is 0 Å². The smallest absolute Gasteiger partial charge is 0.125 e. The Morgan fingerprint density at radius 1 is 1.32 bits per heavy atom. The number of nitrogens with zero attached hydrogens (tertiary/aromatic N) is 1. The molecule has 0 saturated carbocycles. The molecule has 1 atom stereocenters. The van der Waals surface area contributed by atoms with Crippen LogP contribution in [0.25, 0.3) is 0 Å². The van der Waals surface area contributed by atoms with Crippen LogP contribution in [-0.2, 0) is 0 Å². The second-order valence-electron chi connectivity index (χ2n) is 4.89. The third-order valence-corrected chi connectivity index (χ3v) is 3.28. The molecule has 4 heteroatoms. The second kappa shape index (κ2) is 8.02. The number of anilines is 1. The molecular weight excluding hydrogens is 240 g/mol. The molecule has 0 heterocycles. The predicted molar refractivity (Wildman–Crippen MR) is 79.8 cm³/mol. The zero-order valence-corrected chi connectivity index (χ0v) is 12.2. The lowest BCUT2D eigenvalue weighted by Crippen LogP contribution is -2.22. The largest absolute Gasteiger partial charge is 0.496 e. The summed E-state index contributed by atoms with van der Waals surface area (Å²) in [5.74, 6) is 0.842. The molecule has 1 unspecified atom stereocenters. The van der Waals surface area contributed by atoms with Gasteiger partial charge >= 0.3 is 0 Å². The Hall–Kier alpha value is -1.26. The van der Waals surface area contributed by atoms with E-state index in [9.17, 15) is 0 Å². The van der Waals surface area contributed by atoms with Gasteiger partial charge in [-0.1, -0.05) is 6.07 Å². The van der Waals surface area contributed by atoms with Crippen LogP contribution in [0.15, 0.2) is 18.2 Å². The fraction of sp³-hybridized carbons (Fsp3) is 0.600. The number of ether oxygens (including phenoxy) is 1. The lowest BCUT2D eigenvalue weighted by Gasteiger charge is -2.25. The van der Waals surface area contributed by atoms with Crippen molar-refractivity contribution in [2.75, 3.05) is 32.2 Å². The Bertz CT molecular complexity index is 380. The molecule has 4 nitrogen and oxygen atoms in total. The summed E-state index contributed by atoms with van der Waals surface area (Å²) in [4.78, 5) is 2.21. The highest BCUT2D eigenvalue weighted by Gasteiger charge is 2.15. The zero-order chi connectivity index (χ0) is 14.3. The molecule has 19 heavy (non-hydrogen) atoms. The summed E-state index contributed by atoms with van der Waals surface area (Å²) in [6.07, 6.45) is 2.97. The maximum Gasteiger partial charge on any atom is 0.125 e. The second-order valence-corrected chi connectivity index (χ2v) is 4.89. The zero-order valence-electron chi connectivity index (χ0n) is 12.2. The minimum absolute atomic E-state index is 0.0639.